The summed E-state index contributed by atoms with van der Waals surface area (Å²) in [4.78, 5) is 14.7. The quantitative estimate of drug-likeness (QED) is 0.500. The SMILES string of the molecule is CCOc1ccc(/C=C2/SC(=S)N(c3ccc(F)cc3)C2=O)c(OCC)c1. The van der Waals surface area contributed by atoms with Crippen LogP contribution in [-0.4, -0.2) is 23.4 Å². The van der Waals surface area contributed by atoms with Gasteiger partial charge in [-0.3, -0.25) is 9.69 Å². The average molecular weight is 404 g/mol. The fourth-order valence-electron chi connectivity index (χ4n) is 2.59. The number of anilines is 1. The van der Waals surface area contributed by atoms with Gasteiger partial charge in [-0.1, -0.05) is 24.0 Å². The fourth-order valence-corrected chi connectivity index (χ4v) is 3.88. The number of amides is 1. The Morgan fingerprint density at radius 3 is 2.48 bits per heavy atom. The van der Waals surface area contributed by atoms with Gasteiger partial charge in [-0.25, -0.2) is 4.39 Å². The molecule has 2 aromatic rings. The van der Waals surface area contributed by atoms with Crippen molar-refractivity contribution in [3.05, 3.63) is 58.8 Å². The van der Waals surface area contributed by atoms with Gasteiger partial charge in [0, 0.05) is 11.6 Å². The molecule has 0 aromatic heterocycles. The molecule has 0 bridgehead atoms. The molecule has 0 spiro atoms. The number of halogens is 1. The maximum Gasteiger partial charge on any atom is 0.270 e. The molecule has 0 atom stereocenters. The molecule has 1 amide bonds. The predicted octanol–water partition coefficient (Wildman–Crippen LogP) is 5.03. The largest absolute Gasteiger partial charge is 0.494 e. The number of nitrogens with zero attached hydrogens (tertiary/aromatic N) is 1. The highest BCUT2D eigenvalue weighted by Crippen LogP contribution is 2.37. The van der Waals surface area contributed by atoms with Crippen molar-refractivity contribution in [2.24, 2.45) is 0 Å². The van der Waals surface area contributed by atoms with Crippen LogP contribution in [0.3, 0.4) is 0 Å². The first kappa shape index (κ1) is 19.4. The van der Waals surface area contributed by atoms with Crippen molar-refractivity contribution in [2.75, 3.05) is 18.1 Å². The number of hydrogen-bond acceptors (Lipinski definition) is 5. The molecule has 1 saturated heterocycles. The van der Waals surface area contributed by atoms with E-state index in [1.54, 1.807) is 12.1 Å². The van der Waals surface area contributed by atoms with Crippen LogP contribution in [0.15, 0.2) is 47.4 Å². The first-order valence-electron chi connectivity index (χ1n) is 8.46. The molecule has 1 fully saturated rings. The van der Waals surface area contributed by atoms with Gasteiger partial charge in [0.2, 0.25) is 0 Å². The minimum atomic E-state index is -0.365. The Balaban J connectivity index is 1.92. The van der Waals surface area contributed by atoms with E-state index in [0.29, 0.717) is 39.6 Å². The van der Waals surface area contributed by atoms with Crippen molar-refractivity contribution in [2.45, 2.75) is 13.8 Å². The van der Waals surface area contributed by atoms with Gasteiger partial charge in [0.1, 0.15) is 17.3 Å². The molecule has 0 unspecified atom stereocenters. The summed E-state index contributed by atoms with van der Waals surface area (Å²) in [6.45, 7) is 4.86. The van der Waals surface area contributed by atoms with E-state index in [1.807, 2.05) is 26.0 Å². The standard InChI is InChI=1S/C20H18FNO3S2/c1-3-24-16-10-5-13(17(12-16)25-4-2)11-18-19(23)22(20(26)27-18)15-8-6-14(21)7-9-15/h5-12H,3-4H2,1-2H3/b18-11+. The van der Waals surface area contributed by atoms with E-state index in [1.165, 1.54) is 40.9 Å². The Morgan fingerprint density at radius 1 is 1.11 bits per heavy atom. The fraction of sp³-hybridized carbons (Fsp3) is 0.200. The van der Waals surface area contributed by atoms with Crippen molar-refractivity contribution in [1.29, 1.82) is 0 Å². The van der Waals surface area contributed by atoms with E-state index in [0.717, 1.165) is 5.56 Å². The molecular weight excluding hydrogens is 385 g/mol. The first-order chi connectivity index (χ1) is 13.0. The Morgan fingerprint density at radius 2 is 1.81 bits per heavy atom. The predicted molar refractivity (Wildman–Crippen MR) is 111 cm³/mol. The Bertz CT molecular complexity index is 897. The summed E-state index contributed by atoms with van der Waals surface area (Å²) >= 11 is 6.55. The van der Waals surface area contributed by atoms with Crippen LogP contribution in [0, 0.1) is 5.82 Å². The van der Waals surface area contributed by atoms with Gasteiger partial charge in [0.15, 0.2) is 4.32 Å². The maximum absolute atomic E-state index is 13.2. The summed E-state index contributed by atoms with van der Waals surface area (Å²) in [6, 6.07) is 11.2. The van der Waals surface area contributed by atoms with E-state index in [-0.39, 0.29) is 11.7 Å². The topological polar surface area (TPSA) is 38.8 Å². The van der Waals surface area contributed by atoms with E-state index < -0.39 is 0 Å². The van der Waals surface area contributed by atoms with E-state index in [4.69, 9.17) is 21.7 Å². The van der Waals surface area contributed by atoms with Crippen LogP contribution in [0.4, 0.5) is 10.1 Å². The van der Waals surface area contributed by atoms with E-state index in [9.17, 15) is 9.18 Å². The van der Waals surface area contributed by atoms with E-state index >= 15 is 0 Å². The van der Waals surface area contributed by atoms with Crippen molar-refractivity contribution in [3.63, 3.8) is 0 Å². The monoisotopic (exact) mass is 403 g/mol. The Labute approximate surface area is 167 Å². The van der Waals surface area contributed by atoms with Gasteiger partial charge in [0.25, 0.3) is 5.91 Å². The van der Waals surface area contributed by atoms with Crippen LogP contribution in [0.2, 0.25) is 0 Å². The van der Waals surface area contributed by atoms with E-state index in [2.05, 4.69) is 0 Å². The summed E-state index contributed by atoms with van der Waals surface area (Å²) in [7, 11) is 0. The van der Waals surface area contributed by atoms with Gasteiger partial charge in [-0.05, 0) is 56.3 Å². The van der Waals surface area contributed by atoms with Crippen LogP contribution in [0.5, 0.6) is 11.5 Å². The van der Waals surface area contributed by atoms with Gasteiger partial charge in [0.05, 0.1) is 23.8 Å². The molecule has 140 valence electrons. The third-order valence-corrected chi connectivity index (χ3v) is 5.06. The van der Waals surface area contributed by atoms with Crippen molar-refractivity contribution >= 4 is 46.0 Å². The molecule has 3 rings (SSSR count). The molecule has 1 aliphatic rings. The highest BCUT2D eigenvalue weighted by Gasteiger charge is 2.33. The second-order valence-electron chi connectivity index (χ2n) is 5.56. The molecule has 27 heavy (non-hydrogen) atoms. The summed E-state index contributed by atoms with van der Waals surface area (Å²) in [5.74, 6) is 0.732. The van der Waals surface area contributed by atoms with Crippen molar-refractivity contribution in [1.82, 2.24) is 0 Å². The van der Waals surface area contributed by atoms with Gasteiger partial charge >= 0.3 is 0 Å². The van der Waals surface area contributed by atoms with Crippen molar-refractivity contribution in [3.8, 4) is 11.5 Å². The summed E-state index contributed by atoms with van der Waals surface area (Å²) in [5.41, 5.74) is 1.30. The van der Waals surface area contributed by atoms with Crippen LogP contribution in [0.25, 0.3) is 6.08 Å². The summed E-state index contributed by atoms with van der Waals surface area (Å²) in [6.07, 6.45) is 1.75. The zero-order chi connectivity index (χ0) is 19.4. The minimum absolute atomic E-state index is 0.243. The highest BCUT2D eigenvalue weighted by molar-refractivity contribution is 8.27. The van der Waals surface area contributed by atoms with Gasteiger partial charge < -0.3 is 9.47 Å². The molecule has 0 aliphatic carbocycles. The van der Waals surface area contributed by atoms with Gasteiger partial charge in [-0.2, -0.15) is 0 Å². The number of carbonyl (C=O) groups is 1. The normalized spacial score (nSPS) is 15.5. The van der Waals surface area contributed by atoms with Crippen LogP contribution in [-0.2, 0) is 4.79 Å². The molecule has 0 N–H and O–H groups in total. The van der Waals surface area contributed by atoms with Crippen molar-refractivity contribution < 1.29 is 18.7 Å². The minimum Gasteiger partial charge on any atom is -0.494 e. The number of ether oxygens (including phenoxy) is 2. The molecule has 1 heterocycles. The maximum atomic E-state index is 13.2. The number of rotatable bonds is 6. The lowest BCUT2D eigenvalue weighted by Gasteiger charge is -2.14. The number of carbonyl (C=O) groups excluding carboxylic acids is 1. The highest BCUT2D eigenvalue weighted by atomic mass is 32.2. The van der Waals surface area contributed by atoms with Crippen LogP contribution >= 0.6 is 24.0 Å². The van der Waals surface area contributed by atoms with Gasteiger partial charge in [-0.15, -0.1) is 0 Å². The van der Waals surface area contributed by atoms with Crippen LogP contribution < -0.4 is 14.4 Å². The third kappa shape index (κ3) is 4.31. The number of benzene rings is 2. The second-order valence-corrected chi connectivity index (χ2v) is 7.23. The number of thioether (sulfide) groups is 1. The Hall–Kier alpha value is -2.38. The smallest absolute Gasteiger partial charge is 0.270 e. The molecule has 2 aromatic carbocycles. The molecular formula is C20H18FNO3S2. The lowest BCUT2D eigenvalue weighted by Crippen LogP contribution is -2.27. The average Bonchev–Trinajstić information content (AvgIpc) is 2.92. The zero-order valence-corrected chi connectivity index (χ0v) is 16.5. The molecule has 4 nitrogen and oxygen atoms in total. The Kier molecular flexibility index (Phi) is 6.13. The molecule has 1 aliphatic heterocycles. The number of thiocarbonyl (C=S) groups is 1. The summed E-state index contributed by atoms with van der Waals surface area (Å²) < 4.78 is 24.8. The zero-order valence-electron chi connectivity index (χ0n) is 14.9. The molecule has 7 heteroatoms. The van der Waals surface area contributed by atoms with Crippen LogP contribution in [0.1, 0.15) is 19.4 Å². The first-order valence-corrected chi connectivity index (χ1v) is 9.69. The third-order valence-electron chi connectivity index (χ3n) is 3.76. The molecule has 0 saturated carbocycles. The molecule has 0 radical (unpaired) electrons. The second kappa shape index (κ2) is 8.54. The summed E-state index contributed by atoms with van der Waals surface area (Å²) in [5, 5.41) is 0. The number of hydrogen-bond donors (Lipinski definition) is 0. The lowest BCUT2D eigenvalue weighted by molar-refractivity contribution is -0.113. The lowest BCUT2D eigenvalue weighted by atomic mass is 10.1.